The molecule has 2 heterocycles. The molecule has 3 spiro atoms. The first-order chi connectivity index (χ1) is 53.6. The zero-order valence-corrected chi connectivity index (χ0v) is 59.0. The van der Waals surface area contributed by atoms with Gasteiger partial charge in [-0.3, -0.25) is 0 Å². The molecule has 1 aromatic heterocycles. The van der Waals surface area contributed by atoms with Crippen molar-refractivity contribution in [2.45, 2.75) is 16.2 Å². The molecule has 3 heteroatoms. The summed E-state index contributed by atoms with van der Waals surface area (Å²) in [6, 6.07) is 149. The lowest BCUT2D eigenvalue weighted by Gasteiger charge is -2.40. The molecule has 3 nitrogen and oxygen atoms in total. The molecule has 502 valence electrons. The van der Waals surface area contributed by atoms with Gasteiger partial charge in [0, 0.05) is 39.2 Å². The molecular formula is C105H67N3. The summed E-state index contributed by atoms with van der Waals surface area (Å²) in [6.07, 6.45) is 0. The van der Waals surface area contributed by atoms with Gasteiger partial charge in [-0.1, -0.05) is 328 Å². The van der Waals surface area contributed by atoms with E-state index in [4.69, 9.17) is 0 Å². The topological polar surface area (TPSA) is 20.2 Å². The largest absolute Gasteiger partial charge is 0.356 e. The standard InChI is InChI=1S/C68H42N2.C37H25N/c1-2-17-43(18-3-1)44-33-35-45(36-34-44)69(46-37-39-52-50-21-6-11-27-58(50)67(62(52)41-46)56-25-9-4-19-48(56)49-20-5-10-26-57(49)67)47-38-40-53-51-22-7-12-28-59(51)68(63(53)42-47)60-29-13-15-32-65(60)70-64-31-14-8-23-54(64)55-24-16-30-61(68)66(55)70;1-2-10-25(11-3-1)26-18-20-27(21-19-26)38-28-22-23-32-31-14-6-9-17-35(31)37(36(32)24-28)33-15-7-4-12-29(33)30-13-5-8-16-34(30)37/h1-42H;1-24,38H. The number of nitrogens with one attached hydrogen (secondary N) is 1. The normalized spacial score (nSPS) is 14.9. The van der Waals surface area contributed by atoms with Crippen LogP contribution < -0.4 is 10.2 Å². The molecule has 1 atom stereocenters. The summed E-state index contributed by atoms with van der Waals surface area (Å²) in [5, 5.41) is 6.26. The van der Waals surface area contributed by atoms with Crippen LogP contribution in [0.2, 0.25) is 0 Å². The van der Waals surface area contributed by atoms with E-state index in [1.54, 1.807) is 0 Å². The third kappa shape index (κ3) is 8.17. The summed E-state index contributed by atoms with van der Waals surface area (Å²) in [5.41, 5.74) is 41.9. The van der Waals surface area contributed by atoms with E-state index in [2.05, 4.69) is 415 Å². The molecule has 24 rings (SSSR count). The quantitative estimate of drug-likeness (QED) is 0.172. The van der Waals surface area contributed by atoms with Gasteiger partial charge in [-0.05, 0) is 217 Å². The highest BCUT2D eigenvalue weighted by Gasteiger charge is 2.55. The SMILES string of the molecule is c1ccc(-c2ccc(N(c3ccc4c(c3)C3(c5ccccc5-c5ccccc53)c3ccccc3-4)c3ccc4c(c3)C3(c5ccccc5-4)c4ccccc4-n4c5ccccc5c5cccc3c54)cc2)cc1.c1ccc(-c2ccc(Nc3ccc4c(c3)C3(c5ccccc5-c5ccccc53)c3ccccc3-4)cc2)cc1. The molecule has 0 fully saturated rings. The van der Waals surface area contributed by atoms with E-state index in [1.807, 2.05) is 0 Å². The van der Waals surface area contributed by atoms with Crippen molar-refractivity contribution in [3.05, 3.63) is 467 Å². The summed E-state index contributed by atoms with van der Waals surface area (Å²) in [4.78, 5) is 2.52. The second-order valence-corrected chi connectivity index (χ2v) is 29.7. The van der Waals surface area contributed by atoms with Crippen molar-refractivity contribution in [3.63, 3.8) is 0 Å². The zero-order chi connectivity index (χ0) is 70.8. The van der Waals surface area contributed by atoms with Crippen LogP contribution in [0, 0.1) is 0 Å². The number of aromatic nitrogens is 1. The molecule has 0 amide bonds. The summed E-state index contributed by atoms with van der Waals surface area (Å²) in [7, 11) is 0. The Kier molecular flexibility index (Phi) is 12.9. The van der Waals surface area contributed by atoms with Gasteiger partial charge >= 0.3 is 0 Å². The van der Waals surface area contributed by atoms with E-state index in [0.717, 1.165) is 28.4 Å². The van der Waals surface area contributed by atoms with Crippen LogP contribution in [0.5, 0.6) is 0 Å². The number of fused-ring (bicyclic) bond motifs is 32. The Balaban J connectivity index is 0.000000156. The van der Waals surface area contributed by atoms with E-state index < -0.39 is 10.8 Å². The maximum atomic E-state index is 3.69. The van der Waals surface area contributed by atoms with Gasteiger partial charge in [0.25, 0.3) is 0 Å². The van der Waals surface area contributed by atoms with E-state index in [-0.39, 0.29) is 5.41 Å². The number of hydrogen-bond acceptors (Lipinski definition) is 2. The maximum Gasteiger partial charge on any atom is 0.0755 e. The van der Waals surface area contributed by atoms with Crippen molar-refractivity contribution in [1.82, 2.24) is 4.57 Å². The summed E-state index contributed by atoms with van der Waals surface area (Å²) in [5.74, 6) is 0. The molecule has 0 saturated heterocycles. The molecule has 17 aromatic carbocycles. The van der Waals surface area contributed by atoms with Gasteiger partial charge in [-0.15, -0.1) is 0 Å². The van der Waals surface area contributed by atoms with Crippen LogP contribution in [0.4, 0.5) is 28.4 Å². The molecule has 5 aliphatic carbocycles. The maximum absolute atomic E-state index is 3.69. The molecule has 1 aliphatic heterocycles. The van der Waals surface area contributed by atoms with Crippen LogP contribution in [0.1, 0.15) is 66.8 Å². The van der Waals surface area contributed by atoms with Gasteiger partial charge in [-0.25, -0.2) is 0 Å². The van der Waals surface area contributed by atoms with E-state index in [0.29, 0.717) is 0 Å². The van der Waals surface area contributed by atoms with Crippen LogP contribution in [0.3, 0.4) is 0 Å². The molecule has 1 N–H and O–H groups in total. The Bertz CT molecular complexity index is 6650. The van der Waals surface area contributed by atoms with Crippen molar-refractivity contribution in [3.8, 4) is 83.6 Å². The van der Waals surface area contributed by atoms with E-state index in [1.165, 1.54) is 172 Å². The molecule has 1 unspecified atom stereocenters. The van der Waals surface area contributed by atoms with Crippen LogP contribution in [-0.2, 0) is 16.2 Å². The molecule has 108 heavy (non-hydrogen) atoms. The fourth-order valence-electron chi connectivity index (χ4n) is 20.5. The minimum Gasteiger partial charge on any atom is -0.356 e. The Morgan fingerprint density at radius 2 is 0.519 bits per heavy atom. The monoisotopic (exact) mass is 1370 g/mol. The number of rotatable bonds is 7. The molecular weight excluding hydrogens is 1300 g/mol. The number of anilines is 5. The van der Waals surface area contributed by atoms with Gasteiger partial charge in [0.05, 0.1) is 33.0 Å². The fourth-order valence-corrected chi connectivity index (χ4v) is 20.5. The van der Waals surface area contributed by atoms with Gasteiger partial charge in [-0.2, -0.15) is 0 Å². The van der Waals surface area contributed by atoms with E-state index >= 15 is 0 Å². The number of benzene rings is 17. The minimum atomic E-state index is -0.577. The third-order valence-corrected chi connectivity index (χ3v) is 24.7. The van der Waals surface area contributed by atoms with Gasteiger partial charge in [0.1, 0.15) is 0 Å². The highest BCUT2D eigenvalue weighted by molar-refractivity contribution is 6.13. The lowest BCUT2D eigenvalue weighted by atomic mass is 9.65. The first kappa shape index (κ1) is 60.5. The average molecular weight is 1370 g/mol. The number of nitrogens with zero attached hydrogens (tertiary/aromatic N) is 2. The number of para-hydroxylation sites is 3. The highest BCUT2D eigenvalue weighted by Crippen LogP contribution is 2.67. The summed E-state index contributed by atoms with van der Waals surface area (Å²) in [6.45, 7) is 0. The predicted octanol–water partition coefficient (Wildman–Crippen LogP) is 26.4. The van der Waals surface area contributed by atoms with E-state index in [9.17, 15) is 0 Å². The predicted molar refractivity (Wildman–Crippen MR) is 446 cm³/mol. The van der Waals surface area contributed by atoms with Crippen molar-refractivity contribution < 1.29 is 0 Å². The molecule has 6 aliphatic rings. The second kappa shape index (κ2) is 23.1. The van der Waals surface area contributed by atoms with Crippen LogP contribution in [0.25, 0.3) is 105 Å². The van der Waals surface area contributed by atoms with Crippen molar-refractivity contribution in [1.29, 1.82) is 0 Å². The second-order valence-electron chi connectivity index (χ2n) is 29.7. The Morgan fingerprint density at radius 3 is 0.981 bits per heavy atom. The lowest BCUT2D eigenvalue weighted by molar-refractivity contribution is 0.748. The van der Waals surface area contributed by atoms with Crippen molar-refractivity contribution in [2.75, 3.05) is 10.2 Å². The molecule has 18 aromatic rings. The first-order valence-electron chi connectivity index (χ1n) is 37.7. The van der Waals surface area contributed by atoms with Gasteiger partial charge < -0.3 is 14.8 Å². The van der Waals surface area contributed by atoms with Gasteiger partial charge in [0.2, 0.25) is 0 Å². The molecule has 0 bridgehead atoms. The van der Waals surface area contributed by atoms with Crippen molar-refractivity contribution in [2.24, 2.45) is 0 Å². The highest BCUT2D eigenvalue weighted by atomic mass is 15.1. The molecule has 0 saturated carbocycles. The van der Waals surface area contributed by atoms with Gasteiger partial charge in [0.15, 0.2) is 0 Å². The fraction of sp³-hybridized carbons (Fsp3) is 0.0286. The Morgan fingerprint density at radius 1 is 0.204 bits per heavy atom. The Labute approximate surface area is 627 Å². The van der Waals surface area contributed by atoms with Crippen LogP contribution in [0.15, 0.2) is 400 Å². The smallest absolute Gasteiger partial charge is 0.0755 e. The van der Waals surface area contributed by atoms with Crippen molar-refractivity contribution >= 4 is 50.2 Å². The number of hydrogen-bond donors (Lipinski definition) is 1. The lowest BCUT2D eigenvalue weighted by Crippen LogP contribution is -2.33. The third-order valence-electron chi connectivity index (χ3n) is 24.7. The van der Waals surface area contributed by atoms with Crippen LogP contribution >= 0.6 is 0 Å². The molecule has 0 radical (unpaired) electrons. The first-order valence-corrected chi connectivity index (χ1v) is 37.7. The average Bonchev–Trinajstić information content (AvgIpc) is 1.51. The zero-order valence-electron chi connectivity index (χ0n) is 59.0. The van der Waals surface area contributed by atoms with Crippen LogP contribution in [-0.4, -0.2) is 4.57 Å². The Hall–Kier alpha value is -13.9. The summed E-state index contributed by atoms with van der Waals surface area (Å²) < 4.78 is 2.53. The minimum absolute atomic E-state index is 0.312. The summed E-state index contributed by atoms with van der Waals surface area (Å²) >= 11 is 0.